The number of amides is 2. The quantitative estimate of drug-likeness (QED) is 0.179. The van der Waals surface area contributed by atoms with E-state index >= 15 is 0 Å². The molecule has 4 N–H and O–H groups in total. The Morgan fingerprint density at radius 1 is 0.977 bits per heavy atom. The maximum absolute atomic E-state index is 13.2. The van der Waals surface area contributed by atoms with Crippen LogP contribution in [0.15, 0.2) is 85.1 Å². The number of carbonyl (C=O) groups is 2. The molecule has 0 spiro atoms. The van der Waals surface area contributed by atoms with Crippen LogP contribution in [0.5, 0.6) is 5.75 Å². The number of fused-ring (bicyclic) bond motifs is 1. The van der Waals surface area contributed by atoms with Gasteiger partial charge < -0.3 is 21.1 Å². The number of hydrogen-bond acceptors (Lipinski definition) is 6. The minimum Gasteiger partial charge on any atom is -0.482 e. The molecule has 0 aliphatic heterocycles. The number of halogens is 4. The van der Waals surface area contributed by atoms with Gasteiger partial charge in [-0.2, -0.15) is 18.2 Å². The summed E-state index contributed by atoms with van der Waals surface area (Å²) in [5.41, 5.74) is 8.67. The van der Waals surface area contributed by atoms with E-state index in [0.717, 1.165) is 17.2 Å². The van der Waals surface area contributed by atoms with Crippen LogP contribution >= 0.6 is 0 Å². The summed E-state index contributed by atoms with van der Waals surface area (Å²) in [6.07, 6.45) is -2.88. The number of nitrogens with one attached hydrogen (secondary N) is 2. The summed E-state index contributed by atoms with van der Waals surface area (Å²) in [7, 11) is 0. The largest absolute Gasteiger partial charge is 0.482 e. The van der Waals surface area contributed by atoms with E-state index in [1.165, 1.54) is 28.8 Å². The fourth-order valence-electron chi connectivity index (χ4n) is 4.18. The second-order valence-electron chi connectivity index (χ2n) is 9.60. The molecule has 43 heavy (non-hydrogen) atoms. The average Bonchev–Trinajstić information content (AvgIpc) is 3.38. The van der Waals surface area contributed by atoms with Crippen LogP contribution in [0.1, 0.15) is 28.8 Å². The summed E-state index contributed by atoms with van der Waals surface area (Å²) in [6.45, 7) is 0.168. The summed E-state index contributed by atoms with van der Waals surface area (Å²) < 4.78 is 57.9. The van der Waals surface area contributed by atoms with Crippen LogP contribution in [-0.4, -0.2) is 39.2 Å². The number of aromatic nitrogens is 3. The third-order valence-electron chi connectivity index (χ3n) is 6.48. The Labute approximate surface area is 242 Å². The molecule has 0 saturated carbocycles. The lowest BCUT2D eigenvalue weighted by Gasteiger charge is -2.14. The molecule has 0 bridgehead atoms. The standard InChI is InChI=1S/C30H24F4N6O3/c1-17(18-2-8-22(31)9-3-18)28(42)36-23-10-4-19(5-11-23)21-7-13-26-38-29(39-40(26)15-21)37-24-12-6-20(27(35)41)14-25(24)43-16-30(32,33)34/h2-15,17H,16H2,1H3,(H2,35,41)(H,36,42)(H,37,39)/t17-/m0/s1. The normalized spacial score (nSPS) is 12.1. The first-order chi connectivity index (χ1) is 20.4. The molecule has 2 aromatic heterocycles. The number of nitrogens with zero attached hydrogens (tertiary/aromatic N) is 3. The van der Waals surface area contributed by atoms with Gasteiger partial charge in [0.05, 0.1) is 11.6 Å². The average molecular weight is 593 g/mol. The zero-order valence-corrected chi connectivity index (χ0v) is 22.5. The molecule has 220 valence electrons. The number of hydrogen-bond donors (Lipinski definition) is 3. The van der Waals surface area contributed by atoms with Crippen LogP contribution in [0, 0.1) is 5.82 Å². The van der Waals surface area contributed by atoms with Crippen molar-refractivity contribution < 1.29 is 31.9 Å². The van der Waals surface area contributed by atoms with Crippen molar-refractivity contribution in [1.82, 2.24) is 14.6 Å². The molecule has 1 atom stereocenters. The molecule has 0 radical (unpaired) electrons. The minimum absolute atomic E-state index is 0.0247. The van der Waals surface area contributed by atoms with Gasteiger partial charge in [-0.05, 0) is 72.6 Å². The number of ether oxygens (including phenoxy) is 1. The van der Waals surface area contributed by atoms with Crippen molar-refractivity contribution in [3.63, 3.8) is 0 Å². The zero-order chi connectivity index (χ0) is 30.7. The summed E-state index contributed by atoms with van der Waals surface area (Å²) >= 11 is 0. The van der Waals surface area contributed by atoms with Gasteiger partial charge in [-0.3, -0.25) is 9.59 Å². The van der Waals surface area contributed by atoms with E-state index in [1.807, 2.05) is 18.2 Å². The van der Waals surface area contributed by atoms with Gasteiger partial charge in [-0.25, -0.2) is 8.91 Å². The van der Waals surface area contributed by atoms with Gasteiger partial charge in [0.15, 0.2) is 12.3 Å². The lowest BCUT2D eigenvalue weighted by atomic mass is 10.00. The lowest BCUT2D eigenvalue weighted by Crippen LogP contribution is -2.20. The molecule has 0 fully saturated rings. The van der Waals surface area contributed by atoms with Crippen molar-refractivity contribution in [3.05, 3.63) is 102 Å². The van der Waals surface area contributed by atoms with E-state index in [-0.39, 0.29) is 34.7 Å². The van der Waals surface area contributed by atoms with Crippen LogP contribution < -0.4 is 21.1 Å². The third-order valence-corrected chi connectivity index (χ3v) is 6.48. The Hall–Kier alpha value is -5.46. The van der Waals surface area contributed by atoms with Crippen molar-refractivity contribution in [3.8, 4) is 16.9 Å². The highest BCUT2D eigenvalue weighted by Gasteiger charge is 2.29. The molecular weight excluding hydrogens is 568 g/mol. The smallest absolute Gasteiger partial charge is 0.422 e. The highest BCUT2D eigenvalue weighted by molar-refractivity contribution is 5.96. The molecule has 2 heterocycles. The number of alkyl halides is 3. The van der Waals surface area contributed by atoms with Gasteiger partial charge in [0.1, 0.15) is 11.6 Å². The number of pyridine rings is 1. The monoisotopic (exact) mass is 592 g/mol. The second kappa shape index (κ2) is 11.8. The van der Waals surface area contributed by atoms with Crippen LogP contribution in [0.2, 0.25) is 0 Å². The van der Waals surface area contributed by atoms with E-state index in [0.29, 0.717) is 16.9 Å². The molecule has 9 nitrogen and oxygen atoms in total. The fourth-order valence-corrected chi connectivity index (χ4v) is 4.18. The second-order valence-corrected chi connectivity index (χ2v) is 9.60. The van der Waals surface area contributed by atoms with Crippen LogP contribution in [-0.2, 0) is 4.79 Å². The van der Waals surface area contributed by atoms with Gasteiger partial charge in [0.2, 0.25) is 17.8 Å². The Balaban J connectivity index is 1.30. The van der Waals surface area contributed by atoms with E-state index in [2.05, 4.69) is 20.7 Å². The number of carbonyl (C=O) groups excluding carboxylic acids is 2. The topological polar surface area (TPSA) is 124 Å². The molecule has 0 saturated heterocycles. The SMILES string of the molecule is C[C@H](C(=O)Nc1ccc(-c2ccc3nc(Nc4ccc(C(N)=O)cc4OCC(F)(F)F)nn3c2)cc1)c1ccc(F)cc1. The number of anilines is 3. The van der Waals surface area contributed by atoms with E-state index in [9.17, 15) is 27.2 Å². The Morgan fingerprint density at radius 3 is 2.35 bits per heavy atom. The molecule has 0 unspecified atom stereocenters. The van der Waals surface area contributed by atoms with E-state index in [1.54, 1.807) is 43.5 Å². The first-order valence-electron chi connectivity index (χ1n) is 12.9. The first kappa shape index (κ1) is 29.0. The molecule has 5 aromatic rings. The van der Waals surface area contributed by atoms with Gasteiger partial charge in [-0.1, -0.05) is 24.3 Å². The number of primary amides is 1. The van der Waals surface area contributed by atoms with Crippen LogP contribution in [0.25, 0.3) is 16.8 Å². The molecule has 2 amide bonds. The third kappa shape index (κ3) is 7.07. The summed E-state index contributed by atoms with van der Waals surface area (Å²) in [4.78, 5) is 28.5. The fraction of sp³-hybridized carbons (Fsp3) is 0.133. The molecule has 13 heteroatoms. The predicted octanol–water partition coefficient (Wildman–Crippen LogP) is 6.06. The Bertz CT molecular complexity index is 1790. The number of benzene rings is 3. The van der Waals surface area contributed by atoms with Crippen molar-refractivity contribution in [2.45, 2.75) is 19.0 Å². The van der Waals surface area contributed by atoms with Crippen molar-refractivity contribution in [2.24, 2.45) is 5.73 Å². The molecule has 0 aliphatic rings. The van der Waals surface area contributed by atoms with Crippen molar-refractivity contribution >= 4 is 34.8 Å². The number of rotatable bonds is 9. The van der Waals surface area contributed by atoms with Crippen molar-refractivity contribution in [1.29, 1.82) is 0 Å². The Morgan fingerprint density at radius 2 is 1.67 bits per heavy atom. The van der Waals surface area contributed by atoms with E-state index in [4.69, 9.17) is 10.5 Å². The molecular formula is C30H24F4N6O3. The molecule has 5 rings (SSSR count). The highest BCUT2D eigenvalue weighted by Crippen LogP contribution is 2.30. The van der Waals surface area contributed by atoms with Gasteiger partial charge >= 0.3 is 6.18 Å². The van der Waals surface area contributed by atoms with Gasteiger partial charge in [0.25, 0.3) is 0 Å². The summed E-state index contributed by atoms with van der Waals surface area (Å²) in [5.74, 6) is -2.08. The Kier molecular flexibility index (Phi) is 7.97. The minimum atomic E-state index is -4.59. The van der Waals surface area contributed by atoms with Crippen molar-refractivity contribution in [2.75, 3.05) is 17.2 Å². The molecule has 3 aromatic carbocycles. The molecule has 0 aliphatic carbocycles. The first-order valence-corrected chi connectivity index (χ1v) is 12.9. The van der Waals surface area contributed by atoms with Gasteiger partial charge in [0, 0.05) is 23.0 Å². The van der Waals surface area contributed by atoms with Crippen LogP contribution in [0.3, 0.4) is 0 Å². The predicted molar refractivity (Wildman–Crippen MR) is 152 cm³/mol. The summed E-state index contributed by atoms with van der Waals surface area (Å²) in [6, 6.07) is 20.2. The number of nitrogens with two attached hydrogens (primary N) is 1. The highest BCUT2D eigenvalue weighted by atomic mass is 19.4. The summed E-state index contributed by atoms with van der Waals surface area (Å²) in [5, 5.41) is 10.0. The zero-order valence-electron chi connectivity index (χ0n) is 22.5. The lowest BCUT2D eigenvalue weighted by molar-refractivity contribution is -0.153. The van der Waals surface area contributed by atoms with Gasteiger partial charge in [-0.15, -0.1) is 5.10 Å². The maximum Gasteiger partial charge on any atom is 0.422 e. The van der Waals surface area contributed by atoms with E-state index < -0.39 is 24.6 Å². The maximum atomic E-state index is 13.2. The van der Waals surface area contributed by atoms with Crippen LogP contribution in [0.4, 0.5) is 34.9 Å².